The van der Waals surface area contributed by atoms with Gasteiger partial charge >= 0.3 is 6.18 Å². The molecular weight excluding hydrogens is 471 g/mol. The molecule has 20 heavy (non-hydrogen) atoms. The Morgan fingerprint density at radius 1 is 1.10 bits per heavy atom. The van der Waals surface area contributed by atoms with Crippen LogP contribution in [0.2, 0.25) is 0 Å². The molecule has 0 atom stereocenters. The van der Waals surface area contributed by atoms with Gasteiger partial charge in [-0.15, -0.1) is 0 Å². The highest BCUT2D eigenvalue weighted by molar-refractivity contribution is 9.13. The van der Waals surface area contributed by atoms with Crippen molar-refractivity contribution in [3.8, 4) is 0 Å². The molecule has 1 aromatic carbocycles. The van der Waals surface area contributed by atoms with Gasteiger partial charge in [0, 0.05) is 10.2 Å². The van der Waals surface area contributed by atoms with Crippen LogP contribution in [0.1, 0.15) is 11.3 Å². The van der Waals surface area contributed by atoms with Gasteiger partial charge in [-0.25, -0.2) is 0 Å². The minimum Gasteiger partial charge on any atom is -0.451 e. The zero-order chi connectivity index (χ0) is 14.9. The highest BCUT2D eigenvalue weighted by atomic mass is 79.9. The molecule has 0 saturated heterocycles. The number of hydrogen-bond acceptors (Lipinski definition) is 2. The maximum absolute atomic E-state index is 12.9. The molecule has 0 unspecified atom stereocenters. The van der Waals surface area contributed by atoms with E-state index in [4.69, 9.17) is 4.42 Å². The number of anilines is 1. The maximum atomic E-state index is 12.9. The minimum atomic E-state index is -4.42. The molecule has 2 rings (SSSR count). The molecule has 2 aromatic rings. The van der Waals surface area contributed by atoms with Crippen molar-refractivity contribution in [3.05, 3.63) is 49.2 Å². The lowest BCUT2D eigenvalue weighted by Gasteiger charge is -2.14. The van der Waals surface area contributed by atoms with Gasteiger partial charge < -0.3 is 9.73 Å². The molecule has 0 amide bonds. The molecule has 0 radical (unpaired) electrons. The normalized spacial score (nSPS) is 11.7. The largest absolute Gasteiger partial charge is 0.451 e. The van der Waals surface area contributed by atoms with Gasteiger partial charge in [0.1, 0.15) is 5.76 Å². The quantitative estimate of drug-likeness (QED) is 0.569. The van der Waals surface area contributed by atoms with E-state index in [-0.39, 0.29) is 12.2 Å². The molecule has 0 aliphatic rings. The second kappa shape index (κ2) is 6.11. The fourth-order valence-corrected chi connectivity index (χ4v) is 2.59. The fourth-order valence-electron chi connectivity index (χ4n) is 1.57. The first-order chi connectivity index (χ1) is 9.27. The van der Waals surface area contributed by atoms with Gasteiger partial charge in [0.2, 0.25) is 0 Å². The van der Waals surface area contributed by atoms with Crippen LogP contribution >= 0.6 is 47.8 Å². The van der Waals surface area contributed by atoms with Gasteiger partial charge in [0.15, 0.2) is 4.67 Å². The van der Waals surface area contributed by atoms with Crippen molar-refractivity contribution < 1.29 is 17.6 Å². The third kappa shape index (κ3) is 3.79. The average Bonchev–Trinajstić information content (AvgIpc) is 2.66. The van der Waals surface area contributed by atoms with Crippen molar-refractivity contribution in [1.82, 2.24) is 0 Å². The van der Waals surface area contributed by atoms with E-state index in [1.54, 1.807) is 12.1 Å². The molecule has 0 saturated carbocycles. The number of nitrogens with one attached hydrogen (secondary N) is 1. The van der Waals surface area contributed by atoms with Crippen LogP contribution in [0.4, 0.5) is 18.9 Å². The molecule has 8 heteroatoms. The Morgan fingerprint density at radius 2 is 1.80 bits per heavy atom. The van der Waals surface area contributed by atoms with Crippen LogP contribution in [0.25, 0.3) is 0 Å². The molecule has 2 nitrogen and oxygen atoms in total. The average molecular weight is 478 g/mol. The minimum absolute atomic E-state index is 0.00402. The third-order valence-electron chi connectivity index (χ3n) is 2.44. The van der Waals surface area contributed by atoms with Crippen LogP contribution in [-0.2, 0) is 12.7 Å². The fraction of sp³-hybridized carbons (Fsp3) is 0.167. The van der Waals surface area contributed by atoms with Crippen molar-refractivity contribution in [1.29, 1.82) is 0 Å². The molecule has 0 aliphatic carbocycles. The summed E-state index contributed by atoms with van der Waals surface area (Å²) < 4.78 is 45.7. The number of alkyl halides is 3. The topological polar surface area (TPSA) is 25.2 Å². The summed E-state index contributed by atoms with van der Waals surface area (Å²) in [6, 6.07) is 5.64. The van der Waals surface area contributed by atoms with Crippen LogP contribution in [0.5, 0.6) is 0 Å². The summed E-state index contributed by atoms with van der Waals surface area (Å²) in [4.78, 5) is 0. The molecule has 0 spiro atoms. The van der Waals surface area contributed by atoms with Gasteiger partial charge in [-0.1, -0.05) is 15.9 Å². The van der Waals surface area contributed by atoms with E-state index in [2.05, 4.69) is 53.1 Å². The van der Waals surface area contributed by atoms with Crippen LogP contribution < -0.4 is 5.32 Å². The van der Waals surface area contributed by atoms with E-state index in [0.29, 0.717) is 19.4 Å². The summed E-state index contributed by atoms with van der Waals surface area (Å²) >= 11 is 9.45. The second-order valence-electron chi connectivity index (χ2n) is 3.88. The number of rotatable bonds is 3. The number of furan rings is 1. The number of hydrogen-bond donors (Lipinski definition) is 1. The summed E-state index contributed by atoms with van der Waals surface area (Å²) in [5, 5.41) is 2.73. The van der Waals surface area contributed by atoms with Gasteiger partial charge in [-0.2, -0.15) is 13.2 Å². The predicted molar refractivity (Wildman–Crippen MR) is 80.6 cm³/mol. The van der Waals surface area contributed by atoms with Crippen molar-refractivity contribution >= 4 is 53.5 Å². The number of benzene rings is 1. The van der Waals surface area contributed by atoms with Crippen LogP contribution in [0, 0.1) is 0 Å². The predicted octanol–water partition coefficient (Wildman–Crippen LogP) is 6.20. The highest BCUT2D eigenvalue weighted by Crippen LogP contribution is 2.37. The van der Waals surface area contributed by atoms with E-state index in [0.717, 1.165) is 6.07 Å². The Morgan fingerprint density at radius 3 is 2.35 bits per heavy atom. The smallest absolute Gasteiger partial charge is 0.418 e. The van der Waals surface area contributed by atoms with Crippen LogP contribution in [0.3, 0.4) is 0 Å². The zero-order valence-electron chi connectivity index (χ0n) is 9.69. The SMILES string of the molecule is FC(F)(F)c1cc(Br)ccc1NCc1cc(Br)c(Br)o1. The Labute approximate surface area is 138 Å². The van der Waals surface area contributed by atoms with Crippen molar-refractivity contribution in [2.45, 2.75) is 12.7 Å². The van der Waals surface area contributed by atoms with Gasteiger partial charge in [-0.3, -0.25) is 0 Å². The van der Waals surface area contributed by atoms with Gasteiger partial charge in [0.25, 0.3) is 0 Å². The van der Waals surface area contributed by atoms with Crippen LogP contribution in [-0.4, -0.2) is 0 Å². The first kappa shape index (κ1) is 15.9. The lowest BCUT2D eigenvalue weighted by molar-refractivity contribution is -0.137. The molecule has 1 heterocycles. The highest BCUT2D eigenvalue weighted by Gasteiger charge is 2.33. The van der Waals surface area contributed by atoms with Gasteiger partial charge in [-0.05, 0) is 56.1 Å². The molecular formula is C12H7Br3F3NO. The lowest BCUT2D eigenvalue weighted by Crippen LogP contribution is -2.10. The Bertz CT molecular complexity index is 605. The molecule has 0 bridgehead atoms. The Hall–Kier alpha value is -0.470. The summed E-state index contributed by atoms with van der Waals surface area (Å²) in [5.74, 6) is 0.514. The van der Waals surface area contributed by atoms with E-state index in [1.807, 2.05) is 0 Å². The molecule has 0 aliphatic heterocycles. The Balaban J connectivity index is 2.21. The van der Waals surface area contributed by atoms with Crippen molar-refractivity contribution in [3.63, 3.8) is 0 Å². The van der Waals surface area contributed by atoms with Crippen molar-refractivity contribution in [2.75, 3.05) is 5.32 Å². The maximum Gasteiger partial charge on any atom is 0.418 e. The first-order valence-corrected chi connectivity index (χ1v) is 7.69. The third-order valence-corrected chi connectivity index (χ3v) is 4.64. The molecule has 1 N–H and O–H groups in total. The summed E-state index contributed by atoms with van der Waals surface area (Å²) in [6.07, 6.45) is -4.42. The summed E-state index contributed by atoms with van der Waals surface area (Å²) in [6.45, 7) is 0.148. The van der Waals surface area contributed by atoms with Gasteiger partial charge in [0.05, 0.1) is 16.6 Å². The molecule has 0 fully saturated rings. The standard InChI is InChI=1S/C12H7Br3F3NO/c13-6-1-2-10(8(3-6)12(16,17)18)19-5-7-4-9(14)11(15)20-7/h1-4,19H,5H2. The van der Waals surface area contributed by atoms with Crippen LogP contribution in [0.15, 0.2) is 42.3 Å². The van der Waals surface area contributed by atoms with E-state index >= 15 is 0 Å². The second-order valence-corrected chi connectivity index (χ2v) is 6.37. The molecule has 1 aromatic heterocycles. The van der Waals surface area contributed by atoms with Crippen molar-refractivity contribution in [2.24, 2.45) is 0 Å². The summed E-state index contributed by atoms with van der Waals surface area (Å²) in [5.41, 5.74) is -0.721. The lowest BCUT2D eigenvalue weighted by atomic mass is 10.1. The number of halogens is 6. The summed E-state index contributed by atoms with van der Waals surface area (Å²) in [7, 11) is 0. The Kier molecular flexibility index (Phi) is 4.86. The first-order valence-electron chi connectivity index (χ1n) is 5.31. The zero-order valence-corrected chi connectivity index (χ0v) is 14.5. The van der Waals surface area contributed by atoms with E-state index < -0.39 is 11.7 Å². The van der Waals surface area contributed by atoms with E-state index in [9.17, 15) is 13.2 Å². The molecule has 108 valence electrons. The van der Waals surface area contributed by atoms with E-state index in [1.165, 1.54) is 6.07 Å². The monoisotopic (exact) mass is 475 g/mol.